The Balaban J connectivity index is 1.40. The first-order valence-electron chi connectivity index (χ1n) is 10.7. The Labute approximate surface area is 180 Å². The van der Waals surface area contributed by atoms with Crippen molar-refractivity contribution in [2.24, 2.45) is 0 Å². The highest BCUT2D eigenvalue weighted by atomic mass is 19.1. The maximum atomic E-state index is 13.6. The van der Waals surface area contributed by atoms with E-state index in [2.05, 4.69) is 0 Å². The Kier molecular flexibility index (Phi) is 4.57. The zero-order chi connectivity index (χ0) is 21.8. The molecule has 0 saturated carbocycles. The van der Waals surface area contributed by atoms with Crippen LogP contribution in [0.4, 0.5) is 15.8 Å². The molecule has 2 aromatic rings. The van der Waals surface area contributed by atoms with E-state index < -0.39 is 5.66 Å². The number of anilines is 2. The summed E-state index contributed by atoms with van der Waals surface area (Å²) >= 11 is 0. The van der Waals surface area contributed by atoms with E-state index in [0.717, 1.165) is 24.1 Å². The number of hydrogen-bond acceptors (Lipinski definition) is 3. The highest BCUT2D eigenvalue weighted by Crippen LogP contribution is 2.44. The van der Waals surface area contributed by atoms with Gasteiger partial charge in [-0.1, -0.05) is 12.1 Å². The third-order valence-corrected chi connectivity index (χ3v) is 6.76. The van der Waals surface area contributed by atoms with Crippen LogP contribution in [0.1, 0.15) is 48.5 Å². The van der Waals surface area contributed by atoms with Crippen molar-refractivity contribution in [1.29, 1.82) is 0 Å². The molecule has 1 fully saturated rings. The summed E-state index contributed by atoms with van der Waals surface area (Å²) in [6, 6.07) is 11.7. The maximum Gasteiger partial charge on any atom is 0.257 e. The monoisotopic (exact) mass is 421 g/mol. The molecule has 3 amide bonds. The molecule has 1 saturated heterocycles. The second kappa shape index (κ2) is 7.18. The number of halogens is 1. The molecule has 3 heterocycles. The molecule has 0 radical (unpaired) electrons. The Morgan fingerprint density at radius 1 is 1.10 bits per heavy atom. The van der Waals surface area contributed by atoms with Gasteiger partial charge in [0.15, 0.2) is 0 Å². The van der Waals surface area contributed by atoms with Gasteiger partial charge in [-0.3, -0.25) is 19.3 Å². The van der Waals surface area contributed by atoms with E-state index in [4.69, 9.17) is 0 Å². The van der Waals surface area contributed by atoms with Crippen molar-refractivity contribution in [3.8, 4) is 0 Å². The molecule has 1 atom stereocenters. The van der Waals surface area contributed by atoms with E-state index in [-0.39, 0.29) is 36.5 Å². The minimum absolute atomic E-state index is 0.00855. The average molecular weight is 421 g/mol. The van der Waals surface area contributed by atoms with Crippen LogP contribution in [0, 0.1) is 5.82 Å². The van der Waals surface area contributed by atoms with E-state index in [0.29, 0.717) is 30.6 Å². The predicted octanol–water partition coefficient (Wildman–Crippen LogP) is 3.49. The van der Waals surface area contributed by atoms with Gasteiger partial charge in [-0.05, 0) is 62.1 Å². The molecule has 0 bridgehead atoms. The summed E-state index contributed by atoms with van der Waals surface area (Å²) in [6.45, 7) is 2.70. The maximum absolute atomic E-state index is 13.6. The van der Waals surface area contributed by atoms with Crippen molar-refractivity contribution in [3.63, 3.8) is 0 Å². The molecule has 0 N–H and O–H groups in total. The zero-order valence-electron chi connectivity index (χ0n) is 17.4. The molecule has 1 unspecified atom stereocenters. The largest absolute Gasteiger partial charge is 0.315 e. The number of rotatable bonds is 3. The molecule has 5 rings (SSSR count). The van der Waals surface area contributed by atoms with Crippen LogP contribution in [0.15, 0.2) is 42.5 Å². The first kappa shape index (κ1) is 19.7. The summed E-state index contributed by atoms with van der Waals surface area (Å²) in [5.41, 5.74) is 1.94. The van der Waals surface area contributed by atoms with E-state index in [1.54, 1.807) is 39.0 Å². The van der Waals surface area contributed by atoms with Crippen LogP contribution in [-0.4, -0.2) is 41.4 Å². The quantitative estimate of drug-likeness (QED) is 0.762. The number of carbonyl (C=O) groups excluding carboxylic acids is 3. The highest BCUT2D eigenvalue weighted by molar-refractivity contribution is 6.10. The first-order valence-corrected chi connectivity index (χ1v) is 10.7. The minimum Gasteiger partial charge on any atom is -0.315 e. The summed E-state index contributed by atoms with van der Waals surface area (Å²) < 4.78 is 13.6. The number of amides is 3. The number of para-hydroxylation sites is 1. The third kappa shape index (κ3) is 3.02. The molecule has 3 aliphatic rings. The number of carbonyl (C=O) groups is 3. The highest BCUT2D eigenvalue weighted by Gasteiger charge is 2.52. The van der Waals surface area contributed by atoms with E-state index in [1.807, 2.05) is 13.0 Å². The first-order chi connectivity index (χ1) is 14.9. The molecule has 6 nitrogen and oxygen atoms in total. The molecule has 31 heavy (non-hydrogen) atoms. The average Bonchev–Trinajstić information content (AvgIpc) is 3.08. The lowest BCUT2D eigenvalue weighted by Crippen LogP contribution is -2.62. The van der Waals surface area contributed by atoms with Crippen molar-refractivity contribution >= 4 is 29.1 Å². The molecule has 160 valence electrons. The molecular weight excluding hydrogens is 397 g/mol. The van der Waals surface area contributed by atoms with Crippen molar-refractivity contribution in [3.05, 3.63) is 59.4 Å². The van der Waals surface area contributed by atoms with Gasteiger partial charge >= 0.3 is 0 Å². The van der Waals surface area contributed by atoms with Gasteiger partial charge in [-0.25, -0.2) is 4.39 Å². The van der Waals surface area contributed by atoms with Crippen molar-refractivity contribution in [2.75, 3.05) is 22.9 Å². The van der Waals surface area contributed by atoms with Gasteiger partial charge in [-0.15, -0.1) is 0 Å². The topological polar surface area (TPSA) is 60.9 Å². The Morgan fingerprint density at radius 2 is 1.90 bits per heavy atom. The molecule has 0 spiro atoms. The Hall–Kier alpha value is -3.22. The molecule has 0 aliphatic carbocycles. The normalized spacial score (nSPS) is 22.3. The molecule has 7 heteroatoms. The van der Waals surface area contributed by atoms with Crippen LogP contribution in [0.3, 0.4) is 0 Å². The van der Waals surface area contributed by atoms with Crippen LogP contribution in [-0.2, 0) is 16.0 Å². The van der Waals surface area contributed by atoms with Gasteiger partial charge in [0.25, 0.3) is 5.91 Å². The van der Waals surface area contributed by atoms with Gasteiger partial charge in [0, 0.05) is 31.6 Å². The predicted molar refractivity (Wildman–Crippen MR) is 114 cm³/mol. The van der Waals surface area contributed by atoms with Gasteiger partial charge in [0.1, 0.15) is 11.5 Å². The summed E-state index contributed by atoms with van der Waals surface area (Å²) in [7, 11) is 0. The Bertz CT molecular complexity index is 1100. The lowest BCUT2D eigenvalue weighted by Gasteiger charge is -2.48. The number of benzene rings is 2. The van der Waals surface area contributed by atoms with Gasteiger partial charge in [0.05, 0.1) is 11.3 Å². The van der Waals surface area contributed by atoms with Crippen molar-refractivity contribution in [2.45, 2.75) is 44.7 Å². The van der Waals surface area contributed by atoms with Crippen molar-refractivity contribution < 1.29 is 18.8 Å². The molecule has 2 aromatic carbocycles. The third-order valence-electron chi connectivity index (χ3n) is 6.76. The molecular formula is C24H24FN3O3. The van der Waals surface area contributed by atoms with E-state index in [9.17, 15) is 18.8 Å². The number of nitrogens with zero attached hydrogens (tertiary/aromatic N) is 3. The van der Waals surface area contributed by atoms with Gasteiger partial charge < -0.3 is 9.80 Å². The lowest BCUT2D eigenvalue weighted by molar-refractivity contribution is -0.119. The van der Waals surface area contributed by atoms with Crippen molar-refractivity contribution in [1.82, 2.24) is 4.90 Å². The zero-order valence-corrected chi connectivity index (χ0v) is 17.4. The minimum atomic E-state index is -0.772. The number of hydrogen-bond donors (Lipinski definition) is 0. The smallest absolute Gasteiger partial charge is 0.257 e. The molecule has 0 aromatic heterocycles. The second-order valence-corrected chi connectivity index (χ2v) is 8.59. The molecule has 3 aliphatic heterocycles. The SMILES string of the molecule is CC12CCC(=O)N1c1ccccc1C(=O)N2CCC(=O)N1CCCc2cc(F)ccc21. The standard InChI is InChI=1S/C24H24FN3O3/c1-24-12-10-22(30)28(24)20-7-3-2-6-18(20)23(31)27(24)14-11-21(29)26-13-4-5-16-15-17(25)8-9-19(16)26/h2-3,6-9,15H,4-5,10-14H2,1H3. The fourth-order valence-corrected chi connectivity index (χ4v) is 5.21. The number of fused-ring (bicyclic) bond motifs is 4. The lowest BCUT2D eigenvalue weighted by atomic mass is 9.97. The summed E-state index contributed by atoms with van der Waals surface area (Å²) in [4.78, 5) is 44.2. The van der Waals surface area contributed by atoms with Gasteiger partial charge in [0.2, 0.25) is 11.8 Å². The van der Waals surface area contributed by atoms with Crippen LogP contribution in [0.5, 0.6) is 0 Å². The van der Waals surface area contributed by atoms with E-state index in [1.165, 1.54) is 12.1 Å². The van der Waals surface area contributed by atoms with Crippen LogP contribution in [0.2, 0.25) is 0 Å². The summed E-state index contributed by atoms with van der Waals surface area (Å²) in [6.07, 6.45) is 2.56. The van der Waals surface area contributed by atoms with Crippen LogP contribution < -0.4 is 9.80 Å². The van der Waals surface area contributed by atoms with Crippen LogP contribution in [0.25, 0.3) is 0 Å². The summed E-state index contributed by atoms with van der Waals surface area (Å²) in [5, 5.41) is 0. The second-order valence-electron chi connectivity index (χ2n) is 8.59. The Morgan fingerprint density at radius 3 is 2.74 bits per heavy atom. The fourth-order valence-electron chi connectivity index (χ4n) is 5.21. The summed E-state index contributed by atoms with van der Waals surface area (Å²) in [5.74, 6) is -0.563. The van der Waals surface area contributed by atoms with Gasteiger partial charge in [-0.2, -0.15) is 0 Å². The van der Waals surface area contributed by atoms with Crippen LogP contribution >= 0.6 is 0 Å². The fraction of sp³-hybridized carbons (Fsp3) is 0.375. The number of aryl methyl sites for hydroxylation is 1. The van der Waals surface area contributed by atoms with E-state index >= 15 is 0 Å².